The zero-order valence-corrected chi connectivity index (χ0v) is 27.8. The molecule has 2 aromatic heterocycles. The Kier molecular flexibility index (Phi) is 10.2. The van der Waals surface area contributed by atoms with Crippen LogP contribution >= 0.6 is 11.6 Å². The number of likely N-dealkylation sites (tertiary alicyclic amines) is 2. The SMILES string of the molecule is O[C@@H](CN1CCC(N2CCCCC2)CC1)Cn1ccc(-c2ccc3ncnc(Nc4ccc(OCc5cccc(F)c5)c(Cl)c4)c3c2)c1. The van der Waals surface area contributed by atoms with E-state index in [1.54, 1.807) is 24.3 Å². The van der Waals surface area contributed by atoms with Gasteiger partial charge in [0, 0.05) is 42.6 Å². The molecule has 48 heavy (non-hydrogen) atoms. The van der Waals surface area contributed by atoms with Crippen LogP contribution in [0.25, 0.3) is 22.0 Å². The van der Waals surface area contributed by atoms with Gasteiger partial charge in [-0.15, -0.1) is 0 Å². The van der Waals surface area contributed by atoms with Crippen molar-refractivity contribution in [3.8, 4) is 16.9 Å². The van der Waals surface area contributed by atoms with Crippen LogP contribution in [0.5, 0.6) is 5.75 Å². The van der Waals surface area contributed by atoms with E-state index in [1.807, 2.05) is 18.3 Å². The molecule has 0 bridgehead atoms. The first kappa shape index (κ1) is 32.5. The molecule has 250 valence electrons. The fourth-order valence-electron chi connectivity index (χ4n) is 7.03. The number of hydrogen-bond acceptors (Lipinski definition) is 7. The Bertz CT molecular complexity index is 1840. The summed E-state index contributed by atoms with van der Waals surface area (Å²) in [5, 5.41) is 15.7. The molecule has 4 heterocycles. The smallest absolute Gasteiger partial charge is 0.141 e. The lowest BCUT2D eigenvalue weighted by Crippen LogP contribution is -2.48. The fourth-order valence-corrected chi connectivity index (χ4v) is 7.27. The average Bonchev–Trinajstić information content (AvgIpc) is 3.57. The van der Waals surface area contributed by atoms with Gasteiger partial charge in [-0.1, -0.05) is 36.2 Å². The third kappa shape index (κ3) is 7.98. The van der Waals surface area contributed by atoms with Gasteiger partial charge in [0.05, 0.1) is 16.6 Å². The number of benzene rings is 3. The van der Waals surface area contributed by atoms with Gasteiger partial charge < -0.3 is 29.5 Å². The van der Waals surface area contributed by atoms with Crippen molar-refractivity contribution in [2.75, 3.05) is 38.0 Å². The predicted octanol–water partition coefficient (Wildman–Crippen LogP) is 7.52. The standard InChI is InChI=1S/C38H42ClFN6O2/c39-35-21-31(8-10-37(35)48-25-27-5-4-6-30(40)19-27)43-38-34-20-28(7-9-36(34)41-26-42-38)29-11-16-45(22-29)24-33(47)23-44-17-12-32(13-18-44)46-14-2-1-3-15-46/h4-11,16,19-22,26,32-33,47H,1-3,12-15,17-18,23-25H2,(H,41,42,43)/t33-/m0/s1. The number of aliphatic hydroxyl groups excluding tert-OH is 1. The van der Waals surface area contributed by atoms with Gasteiger partial charge in [0.15, 0.2) is 0 Å². The second kappa shape index (κ2) is 15.0. The predicted molar refractivity (Wildman–Crippen MR) is 189 cm³/mol. The summed E-state index contributed by atoms with van der Waals surface area (Å²) >= 11 is 6.55. The summed E-state index contributed by atoms with van der Waals surface area (Å²) in [4.78, 5) is 14.1. The number of aliphatic hydroxyl groups is 1. The highest BCUT2D eigenvalue weighted by atomic mass is 35.5. The molecule has 3 aromatic carbocycles. The molecule has 0 saturated carbocycles. The van der Waals surface area contributed by atoms with Gasteiger partial charge in [-0.05, 0) is 117 Å². The number of nitrogens with one attached hydrogen (secondary N) is 1. The third-order valence-corrected chi connectivity index (χ3v) is 9.85. The van der Waals surface area contributed by atoms with Crippen LogP contribution in [0.3, 0.4) is 0 Å². The Morgan fingerprint density at radius 3 is 2.58 bits per heavy atom. The Balaban J connectivity index is 0.970. The van der Waals surface area contributed by atoms with E-state index in [-0.39, 0.29) is 12.4 Å². The minimum Gasteiger partial charge on any atom is -0.487 e. The number of anilines is 2. The fraction of sp³-hybridized carbons (Fsp3) is 0.368. The van der Waals surface area contributed by atoms with Crippen LogP contribution in [0.4, 0.5) is 15.9 Å². The molecule has 5 aromatic rings. The lowest BCUT2D eigenvalue weighted by Gasteiger charge is -2.40. The molecule has 1 atom stereocenters. The monoisotopic (exact) mass is 668 g/mol. The maximum absolute atomic E-state index is 13.5. The molecule has 0 spiro atoms. The van der Waals surface area contributed by atoms with Gasteiger partial charge in [-0.3, -0.25) is 0 Å². The van der Waals surface area contributed by atoms with Gasteiger partial charge in [0.2, 0.25) is 0 Å². The van der Waals surface area contributed by atoms with Crippen LogP contribution < -0.4 is 10.1 Å². The summed E-state index contributed by atoms with van der Waals surface area (Å²) in [6.07, 6.45) is 11.7. The average molecular weight is 669 g/mol. The van der Waals surface area contributed by atoms with Crippen LogP contribution in [0, 0.1) is 5.82 Å². The van der Waals surface area contributed by atoms with Crippen LogP contribution in [-0.4, -0.2) is 74.3 Å². The number of hydrogen-bond donors (Lipinski definition) is 2. The molecule has 2 fully saturated rings. The van der Waals surface area contributed by atoms with Gasteiger partial charge in [-0.2, -0.15) is 0 Å². The molecular weight excluding hydrogens is 627 g/mol. The summed E-state index contributed by atoms with van der Waals surface area (Å²) in [6, 6.07) is 20.7. The van der Waals surface area contributed by atoms with E-state index in [9.17, 15) is 9.50 Å². The molecule has 2 aliphatic heterocycles. The summed E-state index contributed by atoms with van der Waals surface area (Å²) in [6.45, 7) is 6.10. The van der Waals surface area contributed by atoms with E-state index in [1.165, 1.54) is 63.7 Å². The highest BCUT2D eigenvalue weighted by molar-refractivity contribution is 6.32. The van der Waals surface area contributed by atoms with Gasteiger partial charge in [0.1, 0.15) is 30.3 Å². The lowest BCUT2D eigenvalue weighted by molar-refractivity contribution is 0.0545. The molecular formula is C38H42ClFN6O2. The number of halogens is 2. The van der Waals surface area contributed by atoms with Crippen molar-refractivity contribution in [1.29, 1.82) is 0 Å². The number of fused-ring (bicyclic) bond motifs is 1. The molecule has 0 aliphatic carbocycles. The van der Waals surface area contributed by atoms with Crippen molar-refractivity contribution in [2.24, 2.45) is 0 Å². The summed E-state index contributed by atoms with van der Waals surface area (Å²) in [7, 11) is 0. The van der Waals surface area contributed by atoms with Crippen LogP contribution in [0.2, 0.25) is 5.02 Å². The quantitative estimate of drug-likeness (QED) is 0.151. The second-order valence-electron chi connectivity index (χ2n) is 13.0. The molecule has 10 heteroatoms. The normalized spacial score (nSPS) is 17.1. The first-order chi connectivity index (χ1) is 23.5. The van der Waals surface area contributed by atoms with Crippen molar-refractivity contribution < 1.29 is 14.2 Å². The van der Waals surface area contributed by atoms with E-state index < -0.39 is 6.10 Å². The second-order valence-corrected chi connectivity index (χ2v) is 13.4. The minimum absolute atomic E-state index is 0.210. The van der Waals surface area contributed by atoms with Crippen molar-refractivity contribution in [2.45, 2.75) is 57.4 Å². The van der Waals surface area contributed by atoms with Crippen LogP contribution in [0.1, 0.15) is 37.7 Å². The summed E-state index contributed by atoms with van der Waals surface area (Å²) in [5.74, 6) is 0.862. The zero-order chi connectivity index (χ0) is 32.9. The maximum Gasteiger partial charge on any atom is 0.141 e. The number of rotatable bonds is 11. The number of aromatic nitrogens is 3. The van der Waals surface area contributed by atoms with E-state index in [0.29, 0.717) is 35.7 Å². The van der Waals surface area contributed by atoms with Gasteiger partial charge in [0.25, 0.3) is 0 Å². The topological polar surface area (TPSA) is 78.7 Å². The Morgan fingerprint density at radius 1 is 0.917 bits per heavy atom. The maximum atomic E-state index is 13.5. The van der Waals surface area contributed by atoms with Crippen LogP contribution in [-0.2, 0) is 13.2 Å². The van der Waals surface area contributed by atoms with Crippen molar-refractivity contribution in [3.63, 3.8) is 0 Å². The molecule has 0 radical (unpaired) electrons. The third-order valence-electron chi connectivity index (χ3n) is 9.55. The molecule has 0 unspecified atom stereocenters. The molecule has 2 saturated heterocycles. The Morgan fingerprint density at radius 2 is 1.77 bits per heavy atom. The molecule has 2 N–H and O–H groups in total. The van der Waals surface area contributed by atoms with E-state index in [4.69, 9.17) is 16.3 Å². The lowest BCUT2D eigenvalue weighted by atomic mass is 9.99. The van der Waals surface area contributed by atoms with Gasteiger partial charge in [-0.25, -0.2) is 14.4 Å². The largest absolute Gasteiger partial charge is 0.487 e. The summed E-state index contributed by atoms with van der Waals surface area (Å²) in [5.41, 5.74) is 4.38. The van der Waals surface area contributed by atoms with Crippen LogP contribution in [0.15, 0.2) is 85.5 Å². The van der Waals surface area contributed by atoms with Crippen molar-refractivity contribution >= 4 is 34.0 Å². The first-order valence-corrected chi connectivity index (χ1v) is 17.3. The highest BCUT2D eigenvalue weighted by Crippen LogP contribution is 2.33. The number of ether oxygens (including phenoxy) is 1. The highest BCUT2D eigenvalue weighted by Gasteiger charge is 2.26. The molecule has 7 rings (SSSR count). The van der Waals surface area contributed by atoms with E-state index in [0.717, 1.165) is 46.4 Å². The Hall–Kier alpha value is -4.02. The van der Waals surface area contributed by atoms with Crippen molar-refractivity contribution in [1.82, 2.24) is 24.3 Å². The number of nitrogens with zero attached hydrogens (tertiary/aromatic N) is 5. The minimum atomic E-state index is -0.428. The first-order valence-electron chi connectivity index (χ1n) is 17.0. The van der Waals surface area contributed by atoms with E-state index in [2.05, 4.69) is 54.0 Å². The zero-order valence-electron chi connectivity index (χ0n) is 27.1. The Labute approximate surface area is 286 Å². The number of β-amino-alcohol motifs (C(OH)–C–C–N with tert-alkyl or cyclic N) is 1. The number of piperidine rings is 2. The van der Waals surface area contributed by atoms with Crippen molar-refractivity contribution in [3.05, 3.63) is 102 Å². The van der Waals surface area contributed by atoms with E-state index >= 15 is 0 Å². The molecule has 0 amide bonds. The van der Waals surface area contributed by atoms with Gasteiger partial charge >= 0.3 is 0 Å². The molecule has 2 aliphatic rings. The molecule has 8 nitrogen and oxygen atoms in total. The summed E-state index contributed by atoms with van der Waals surface area (Å²) < 4.78 is 21.4.